The van der Waals surface area contributed by atoms with Gasteiger partial charge in [0.15, 0.2) is 0 Å². The topological polar surface area (TPSA) is 113 Å². The van der Waals surface area contributed by atoms with Crippen LogP contribution in [0.4, 0.5) is 0 Å². The van der Waals surface area contributed by atoms with Crippen LogP contribution in [-0.4, -0.2) is 83.0 Å². The molecule has 9 nitrogen and oxygen atoms in total. The Morgan fingerprint density at radius 2 is 1.53 bits per heavy atom. The van der Waals surface area contributed by atoms with E-state index in [-0.39, 0.29) is 29.9 Å². The number of hydrogen-bond donors (Lipinski definition) is 1. The number of rotatable bonds is 8. The van der Waals surface area contributed by atoms with E-state index in [0.717, 1.165) is 5.56 Å². The van der Waals surface area contributed by atoms with Gasteiger partial charge in [0, 0.05) is 38.6 Å². The molecule has 1 aromatic rings. The van der Waals surface area contributed by atoms with Crippen molar-refractivity contribution in [2.75, 3.05) is 51.7 Å². The van der Waals surface area contributed by atoms with Crippen LogP contribution in [0.1, 0.15) is 18.4 Å². The van der Waals surface area contributed by atoms with Crippen molar-refractivity contribution in [3.63, 3.8) is 0 Å². The van der Waals surface area contributed by atoms with E-state index in [4.69, 9.17) is 4.74 Å². The van der Waals surface area contributed by atoms with Crippen molar-refractivity contribution in [2.45, 2.75) is 18.6 Å². The molecule has 1 aromatic carbocycles. The molecule has 0 bridgehead atoms. The van der Waals surface area contributed by atoms with Gasteiger partial charge in [-0.25, -0.2) is 21.1 Å². The number of hydrogen-bond acceptors (Lipinski definition) is 6. The van der Waals surface area contributed by atoms with Crippen molar-refractivity contribution in [3.8, 4) is 0 Å². The maximum Gasteiger partial charge on any atom is 0.223 e. The van der Waals surface area contributed by atoms with Gasteiger partial charge in [0.2, 0.25) is 26.0 Å². The average molecular weight is 460 g/mol. The average Bonchev–Trinajstić information content (AvgIpc) is 2.75. The molecule has 0 unspecified atom stereocenters. The first kappa shape index (κ1) is 23.1. The van der Waals surface area contributed by atoms with E-state index in [9.17, 15) is 21.6 Å². The number of morpholine rings is 1. The van der Waals surface area contributed by atoms with Crippen molar-refractivity contribution in [1.29, 1.82) is 0 Å². The van der Waals surface area contributed by atoms with Crippen LogP contribution in [0, 0.1) is 5.92 Å². The number of carbonyl (C=O) groups is 1. The summed E-state index contributed by atoms with van der Waals surface area (Å²) in [6, 6.07) is 9.01. The molecule has 2 heterocycles. The van der Waals surface area contributed by atoms with E-state index < -0.39 is 20.0 Å². The summed E-state index contributed by atoms with van der Waals surface area (Å²) in [5.74, 6) is -0.723. The first-order valence-electron chi connectivity index (χ1n) is 10.1. The Balaban J connectivity index is 1.42. The molecule has 1 N–H and O–H groups in total. The maximum atomic E-state index is 12.6. The highest BCUT2D eigenvalue weighted by atomic mass is 32.2. The summed E-state index contributed by atoms with van der Waals surface area (Å²) in [5.41, 5.74) is 0.735. The SMILES string of the molecule is O=C(NCCS(=O)(=O)N1CCOCC1)C1CCN(S(=O)(=O)Cc2ccccc2)CC1. The van der Waals surface area contributed by atoms with Crippen molar-refractivity contribution in [2.24, 2.45) is 5.92 Å². The second kappa shape index (κ2) is 10.2. The highest BCUT2D eigenvalue weighted by Crippen LogP contribution is 2.22. The van der Waals surface area contributed by atoms with E-state index in [1.54, 1.807) is 24.3 Å². The van der Waals surface area contributed by atoms with Crippen LogP contribution in [0.15, 0.2) is 30.3 Å². The Morgan fingerprint density at radius 3 is 2.17 bits per heavy atom. The Bertz CT molecular complexity index is 907. The summed E-state index contributed by atoms with van der Waals surface area (Å²) in [7, 11) is -6.84. The first-order valence-corrected chi connectivity index (χ1v) is 13.3. The first-order chi connectivity index (χ1) is 14.3. The Labute approximate surface area is 178 Å². The molecule has 11 heteroatoms. The lowest BCUT2D eigenvalue weighted by Crippen LogP contribution is -2.46. The van der Waals surface area contributed by atoms with Gasteiger partial charge >= 0.3 is 0 Å². The van der Waals surface area contributed by atoms with Crippen molar-refractivity contribution >= 4 is 26.0 Å². The molecule has 0 atom stereocenters. The minimum Gasteiger partial charge on any atom is -0.379 e. The summed E-state index contributed by atoms with van der Waals surface area (Å²) in [4.78, 5) is 12.4. The number of nitrogens with zero attached hydrogens (tertiary/aromatic N) is 2. The van der Waals surface area contributed by atoms with Gasteiger partial charge in [-0.1, -0.05) is 30.3 Å². The molecule has 3 rings (SSSR count). The Kier molecular flexibility index (Phi) is 7.86. The summed E-state index contributed by atoms with van der Waals surface area (Å²) in [5, 5.41) is 2.70. The van der Waals surface area contributed by atoms with E-state index >= 15 is 0 Å². The van der Waals surface area contributed by atoms with Crippen molar-refractivity contribution in [3.05, 3.63) is 35.9 Å². The van der Waals surface area contributed by atoms with E-state index in [2.05, 4.69) is 5.32 Å². The van der Waals surface area contributed by atoms with Crippen LogP contribution in [-0.2, 0) is 35.3 Å². The third kappa shape index (κ3) is 6.24. The zero-order chi connectivity index (χ0) is 21.6. The van der Waals surface area contributed by atoms with E-state index in [1.165, 1.54) is 8.61 Å². The maximum absolute atomic E-state index is 12.6. The molecule has 1 amide bonds. The van der Waals surface area contributed by atoms with Crippen molar-refractivity contribution in [1.82, 2.24) is 13.9 Å². The zero-order valence-electron chi connectivity index (χ0n) is 16.9. The number of carbonyl (C=O) groups excluding carboxylic acids is 1. The van der Waals surface area contributed by atoms with E-state index in [1.807, 2.05) is 6.07 Å². The Morgan fingerprint density at radius 1 is 0.933 bits per heavy atom. The molecule has 0 aliphatic carbocycles. The third-order valence-electron chi connectivity index (χ3n) is 5.43. The molecule has 0 saturated carbocycles. The minimum absolute atomic E-state index is 0.0467. The molecular formula is C19H29N3O6S2. The smallest absolute Gasteiger partial charge is 0.223 e. The zero-order valence-corrected chi connectivity index (χ0v) is 18.5. The van der Waals surface area contributed by atoms with Crippen LogP contribution in [0.2, 0.25) is 0 Å². The summed E-state index contributed by atoms with van der Waals surface area (Å²) in [6.45, 7) is 2.08. The second-order valence-electron chi connectivity index (χ2n) is 7.53. The molecule has 2 fully saturated rings. The molecule has 2 saturated heterocycles. The van der Waals surface area contributed by atoms with Crippen LogP contribution < -0.4 is 5.32 Å². The number of nitrogens with one attached hydrogen (secondary N) is 1. The number of ether oxygens (including phenoxy) is 1. The fourth-order valence-corrected chi connectivity index (χ4v) is 6.56. The lowest BCUT2D eigenvalue weighted by molar-refractivity contribution is -0.125. The molecule has 30 heavy (non-hydrogen) atoms. The monoisotopic (exact) mass is 459 g/mol. The predicted octanol–water partition coefficient (Wildman–Crippen LogP) is 0.00660. The second-order valence-corrected chi connectivity index (χ2v) is 11.6. The van der Waals surface area contributed by atoms with Gasteiger partial charge in [-0.3, -0.25) is 4.79 Å². The molecule has 2 aliphatic heterocycles. The van der Waals surface area contributed by atoms with Gasteiger partial charge in [-0.2, -0.15) is 4.31 Å². The highest BCUT2D eigenvalue weighted by Gasteiger charge is 2.31. The predicted molar refractivity (Wildman–Crippen MR) is 113 cm³/mol. The van der Waals surface area contributed by atoms with Gasteiger partial charge in [-0.05, 0) is 18.4 Å². The summed E-state index contributed by atoms with van der Waals surface area (Å²) in [6.07, 6.45) is 0.853. The normalized spacial score (nSPS) is 20.1. The summed E-state index contributed by atoms with van der Waals surface area (Å²) < 4.78 is 57.8. The number of benzene rings is 1. The molecule has 0 aromatic heterocycles. The number of sulfonamides is 2. The number of amides is 1. The summed E-state index contributed by atoms with van der Waals surface area (Å²) >= 11 is 0. The minimum atomic E-state index is -3.43. The standard InChI is InChI=1S/C19H29N3O6S2/c23-19(20-8-15-29(24,25)22-11-13-28-14-12-22)18-6-9-21(10-7-18)30(26,27)16-17-4-2-1-3-5-17/h1-5,18H,6-16H2,(H,20,23). The lowest BCUT2D eigenvalue weighted by Gasteiger charge is -2.30. The Hall–Kier alpha value is -1.53. The quantitative estimate of drug-likeness (QED) is 0.586. The number of piperidine rings is 1. The highest BCUT2D eigenvalue weighted by molar-refractivity contribution is 7.89. The molecule has 0 spiro atoms. The fourth-order valence-electron chi connectivity index (χ4n) is 3.67. The van der Waals surface area contributed by atoms with Gasteiger partial charge < -0.3 is 10.1 Å². The van der Waals surface area contributed by atoms with Crippen LogP contribution in [0.3, 0.4) is 0 Å². The molecule has 168 valence electrons. The molecule has 2 aliphatic rings. The largest absolute Gasteiger partial charge is 0.379 e. The molecular weight excluding hydrogens is 430 g/mol. The van der Waals surface area contributed by atoms with Gasteiger partial charge in [0.25, 0.3) is 0 Å². The van der Waals surface area contributed by atoms with Crippen LogP contribution in [0.5, 0.6) is 0 Å². The molecule has 0 radical (unpaired) electrons. The van der Waals surface area contributed by atoms with Gasteiger partial charge in [0.05, 0.1) is 24.7 Å². The van der Waals surface area contributed by atoms with Gasteiger partial charge in [0.1, 0.15) is 0 Å². The van der Waals surface area contributed by atoms with E-state index in [0.29, 0.717) is 52.2 Å². The van der Waals surface area contributed by atoms with Crippen LogP contribution >= 0.6 is 0 Å². The van der Waals surface area contributed by atoms with Crippen LogP contribution in [0.25, 0.3) is 0 Å². The third-order valence-corrected chi connectivity index (χ3v) is 9.15. The van der Waals surface area contributed by atoms with Gasteiger partial charge in [-0.15, -0.1) is 0 Å². The lowest BCUT2D eigenvalue weighted by atomic mass is 9.97. The van der Waals surface area contributed by atoms with Crippen molar-refractivity contribution < 1.29 is 26.4 Å². The fraction of sp³-hybridized carbons (Fsp3) is 0.632.